The largest absolute Gasteiger partial charge is 0.392 e. The quantitative estimate of drug-likeness (QED) is 0.845. The average Bonchev–Trinajstić information content (AvgIpc) is 3.07. The topological polar surface area (TPSA) is 71.2 Å². The van der Waals surface area contributed by atoms with Gasteiger partial charge in [-0.05, 0) is 30.7 Å². The molecular weight excluding hydrogens is 298 g/mol. The van der Waals surface area contributed by atoms with Gasteiger partial charge in [-0.3, -0.25) is 0 Å². The Hall–Kier alpha value is -1.08. The van der Waals surface area contributed by atoms with Crippen molar-refractivity contribution in [2.45, 2.75) is 29.2 Å². The lowest BCUT2D eigenvalue weighted by Gasteiger charge is -2.01. The number of benzene rings is 1. The Morgan fingerprint density at radius 1 is 1.40 bits per heavy atom. The lowest BCUT2D eigenvalue weighted by molar-refractivity contribution is 0.191. The minimum Gasteiger partial charge on any atom is -0.392 e. The molecule has 0 amide bonds. The van der Waals surface area contributed by atoms with E-state index in [0.717, 1.165) is 9.92 Å². The number of nitrogens with one attached hydrogen (secondary N) is 1. The highest BCUT2D eigenvalue weighted by atomic mass is 35.5. The van der Waals surface area contributed by atoms with Crippen LogP contribution in [0.25, 0.3) is 0 Å². The summed E-state index contributed by atoms with van der Waals surface area (Å²) in [7, 11) is 0. The molecule has 2 aromatic rings. The number of nitrogens with zero attached hydrogens (tertiary/aromatic N) is 2. The summed E-state index contributed by atoms with van der Waals surface area (Å²) in [6.45, 7) is 0.571. The van der Waals surface area contributed by atoms with Crippen LogP contribution in [-0.2, 0) is 5.75 Å². The lowest BCUT2D eigenvalue weighted by atomic mass is 10.2. The third kappa shape index (κ3) is 3.32. The number of hydrogen-bond acceptors (Lipinski definition) is 6. The highest BCUT2D eigenvalue weighted by Crippen LogP contribution is 2.25. The molecule has 1 saturated heterocycles. The smallest absolute Gasteiger partial charge is 0.243 e. The molecule has 106 valence electrons. The van der Waals surface area contributed by atoms with Crippen LogP contribution in [0.4, 0.5) is 0 Å². The lowest BCUT2D eigenvalue weighted by Crippen LogP contribution is -2.15. The third-order valence-electron chi connectivity index (χ3n) is 3.07. The maximum atomic E-state index is 9.47. The zero-order valence-corrected chi connectivity index (χ0v) is 12.2. The molecule has 20 heavy (non-hydrogen) atoms. The van der Waals surface area contributed by atoms with Crippen LogP contribution in [0.5, 0.6) is 0 Å². The maximum Gasteiger partial charge on any atom is 0.243 e. The third-order valence-corrected chi connectivity index (χ3v) is 4.33. The van der Waals surface area contributed by atoms with Crippen molar-refractivity contribution in [2.75, 3.05) is 6.54 Å². The van der Waals surface area contributed by atoms with Gasteiger partial charge in [0.2, 0.25) is 5.89 Å². The molecule has 1 aliphatic rings. The molecule has 0 saturated carbocycles. The molecule has 1 aromatic carbocycles. The summed E-state index contributed by atoms with van der Waals surface area (Å²) in [6, 6.07) is 7.60. The van der Waals surface area contributed by atoms with E-state index >= 15 is 0 Å². The van der Waals surface area contributed by atoms with Gasteiger partial charge < -0.3 is 14.9 Å². The molecule has 0 aliphatic carbocycles. The van der Waals surface area contributed by atoms with Gasteiger partial charge in [-0.2, -0.15) is 4.98 Å². The number of aliphatic hydroxyl groups is 1. The fourth-order valence-corrected chi connectivity index (χ4v) is 2.92. The Morgan fingerprint density at radius 3 is 2.90 bits per heavy atom. The fourth-order valence-electron chi connectivity index (χ4n) is 2.05. The van der Waals surface area contributed by atoms with E-state index in [9.17, 15) is 5.11 Å². The van der Waals surface area contributed by atoms with E-state index < -0.39 is 0 Å². The van der Waals surface area contributed by atoms with Crippen molar-refractivity contribution < 1.29 is 9.63 Å². The van der Waals surface area contributed by atoms with Crippen LogP contribution >= 0.6 is 23.4 Å². The van der Waals surface area contributed by atoms with Crippen molar-refractivity contribution in [1.29, 1.82) is 0 Å². The molecule has 0 spiro atoms. The highest BCUT2D eigenvalue weighted by Gasteiger charge is 2.27. The van der Waals surface area contributed by atoms with Crippen molar-refractivity contribution in [3.05, 3.63) is 41.0 Å². The molecule has 5 nitrogen and oxygen atoms in total. The first kappa shape index (κ1) is 13.9. The van der Waals surface area contributed by atoms with Gasteiger partial charge >= 0.3 is 0 Å². The summed E-state index contributed by atoms with van der Waals surface area (Å²) in [5.74, 6) is 1.84. The predicted molar refractivity (Wildman–Crippen MR) is 76.7 cm³/mol. The van der Waals surface area contributed by atoms with Crippen LogP contribution in [0.3, 0.4) is 0 Å². The Morgan fingerprint density at radius 2 is 2.20 bits per heavy atom. The summed E-state index contributed by atoms with van der Waals surface area (Å²) in [5.41, 5.74) is 0. The number of aliphatic hydroxyl groups excluding tert-OH is 1. The second kappa shape index (κ2) is 6.13. The van der Waals surface area contributed by atoms with Crippen LogP contribution in [-0.4, -0.2) is 27.9 Å². The van der Waals surface area contributed by atoms with E-state index in [1.54, 1.807) is 11.8 Å². The molecule has 0 bridgehead atoms. The fraction of sp³-hybridized carbons (Fsp3) is 0.385. The summed E-state index contributed by atoms with van der Waals surface area (Å²) >= 11 is 7.47. The first-order valence-corrected chi connectivity index (χ1v) is 7.69. The first-order valence-electron chi connectivity index (χ1n) is 6.33. The van der Waals surface area contributed by atoms with Crippen LogP contribution in [0.2, 0.25) is 5.02 Å². The van der Waals surface area contributed by atoms with Crippen molar-refractivity contribution >= 4 is 23.4 Å². The monoisotopic (exact) mass is 311 g/mol. The van der Waals surface area contributed by atoms with E-state index in [1.165, 1.54) is 0 Å². The minimum absolute atomic E-state index is 0.0354. The van der Waals surface area contributed by atoms with Gasteiger partial charge in [-0.25, -0.2) is 0 Å². The molecule has 1 fully saturated rings. The highest BCUT2D eigenvalue weighted by molar-refractivity contribution is 7.98. The second-order valence-electron chi connectivity index (χ2n) is 4.64. The summed E-state index contributed by atoms with van der Waals surface area (Å²) < 4.78 is 5.24. The van der Waals surface area contributed by atoms with Gasteiger partial charge in [0.1, 0.15) is 0 Å². The second-order valence-corrected chi connectivity index (χ2v) is 6.13. The Balaban J connectivity index is 1.58. The Bertz CT molecular complexity index is 575. The van der Waals surface area contributed by atoms with E-state index in [4.69, 9.17) is 16.1 Å². The van der Waals surface area contributed by atoms with Crippen molar-refractivity contribution in [1.82, 2.24) is 15.5 Å². The molecule has 3 rings (SSSR count). The molecule has 1 aromatic heterocycles. The number of β-amino-alcohol motifs (C(OH)–C–C–N with tert-alkyl or cyclic N) is 1. The van der Waals surface area contributed by atoms with Gasteiger partial charge in [-0.15, -0.1) is 11.8 Å². The molecule has 0 unspecified atom stereocenters. The number of thioether (sulfide) groups is 1. The van der Waals surface area contributed by atoms with Gasteiger partial charge in [0.15, 0.2) is 5.82 Å². The molecule has 2 N–H and O–H groups in total. The maximum absolute atomic E-state index is 9.47. The Kier molecular flexibility index (Phi) is 4.26. The van der Waals surface area contributed by atoms with Crippen molar-refractivity contribution in [3.63, 3.8) is 0 Å². The molecule has 0 radical (unpaired) electrons. The molecule has 7 heteroatoms. The normalized spacial score (nSPS) is 22.3. The minimum atomic E-state index is -0.334. The van der Waals surface area contributed by atoms with Crippen molar-refractivity contribution in [3.8, 4) is 0 Å². The Labute approximate surface area is 125 Å². The van der Waals surface area contributed by atoms with E-state index in [0.29, 0.717) is 30.4 Å². The number of hydrogen-bond donors (Lipinski definition) is 2. The molecule has 2 heterocycles. The molecular formula is C13H14ClN3O2S. The van der Waals surface area contributed by atoms with Crippen LogP contribution in [0.15, 0.2) is 33.7 Å². The number of halogens is 1. The van der Waals surface area contributed by atoms with E-state index in [1.807, 2.05) is 24.3 Å². The van der Waals surface area contributed by atoms with Gasteiger partial charge in [0.25, 0.3) is 0 Å². The first-order chi connectivity index (χ1) is 9.70. The standard InChI is InChI=1S/C13H14ClN3O2S/c14-8-1-3-10(4-2-8)20-7-12-16-13(19-17-12)11-5-9(18)6-15-11/h1-4,9,11,15,18H,5-7H2/t9-,11+/m0/s1. The zero-order valence-electron chi connectivity index (χ0n) is 10.6. The summed E-state index contributed by atoms with van der Waals surface area (Å²) in [6.07, 6.45) is 0.283. The zero-order chi connectivity index (χ0) is 13.9. The van der Waals surface area contributed by atoms with E-state index in [2.05, 4.69) is 15.5 Å². The number of aromatic nitrogens is 2. The predicted octanol–water partition coefficient (Wildman–Crippen LogP) is 2.41. The van der Waals surface area contributed by atoms with Gasteiger partial charge in [0.05, 0.1) is 17.9 Å². The van der Waals surface area contributed by atoms with Crippen molar-refractivity contribution in [2.24, 2.45) is 0 Å². The van der Waals surface area contributed by atoms with E-state index in [-0.39, 0.29) is 12.1 Å². The SMILES string of the molecule is O[C@@H]1CN[C@@H](c2nc(CSc3ccc(Cl)cc3)no2)C1. The molecule has 2 atom stereocenters. The summed E-state index contributed by atoms with van der Waals surface area (Å²) in [5, 5.41) is 17.3. The van der Waals surface area contributed by atoms with Crippen LogP contribution < -0.4 is 5.32 Å². The van der Waals surface area contributed by atoms with Crippen LogP contribution in [0.1, 0.15) is 24.2 Å². The molecule has 1 aliphatic heterocycles. The average molecular weight is 312 g/mol. The van der Waals surface area contributed by atoms with Gasteiger partial charge in [0, 0.05) is 16.5 Å². The summed E-state index contributed by atoms with van der Waals surface area (Å²) in [4.78, 5) is 5.47. The van der Waals surface area contributed by atoms with Crippen LogP contribution in [0, 0.1) is 0 Å². The number of rotatable bonds is 4. The van der Waals surface area contributed by atoms with Gasteiger partial charge in [-0.1, -0.05) is 16.8 Å².